The third-order valence-electron chi connectivity index (χ3n) is 3.76. The van der Waals surface area contributed by atoms with Crippen molar-refractivity contribution in [2.75, 3.05) is 5.73 Å². The van der Waals surface area contributed by atoms with Gasteiger partial charge in [-0.25, -0.2) is 15.0 Å². The second kappa shape index (κ2) is 5.21. The van der Waals surface area contributed by atoms with Gasteiger partial charge in [0, 0.05) is 17.3 Å². The van der Waals surface area contributed by atoms with E-state index in [0.29, 0.717) is 11.5 Å². The first-order valence-electron chi connectivity index (χ1n) is 7.33. The molecule has 0 saturated carbocycles. The van der Waals surface area contributed by atoms with Gasteiger partial charge in [-0.3, -0.25) is 4.40 Å². The standard InChI is InChI=1S/C18H15N5/c1-12-3-2-4-13(7-12)16-11-20-17-8-14(5-6-23(16)17)18-21-9-15(19)10-22-18/h2-11H,19H2,1H3. The number of hydrogen-bond donors (Lipinski definition) is 1. The Kier molecular flexibility index (Phi) is 3.05. The minimum atomic E-state index is 0.553. The molecule has 4 aromatic rings. The molecule has 3 aromatic heterocycles. The molecule has 0 unspecified atom stereocenters. The minimum Gasteiger partial charge on any atom is -0.396 e. The van der Waals surface area contributed by atoms with E-state index in [0.717, 1.165) is 22.5 Å². The van der Waals surface area contributed by atoms with Gasteiger partial charge in [0.05, 0.1) is 30.0 Å². The molecule has 0 radical (unpaired) electrons. The number of nitrogen functional groups attached to an aromatic ring is 1. The van der Waals surface area contributed by atoms with Crippen LogP contribution in [0.15, 0.2) is 61.2 Å². The summed E-state index contributed by atoms with van der Waals surface area (Å²) < 4.78 is 2.07. The molecule has 23 heavy (non-hydrogen) atoms. The number of anilines is 1. The molecule has 112 valence electrons. The average Bonchev–Trinajstić information content (AvgIpc) is 2.98. The molecule has 0 saturated heterocycles. The number of fused-ring (bicyclic) bond motifs is 1. The fourth-order valence-electron chi connectivity index (χ4n) is 2.62. The van der Waals surface area contributed by atoms with Crippen molar-refractivity contribution in [2.24, 2.45) is 0 Å². The van der Waals surface area contributed by atoms with E-state index in [9.17, 15) is 0 Å². The molecule has 0 amide bonds. The van der Waals surface area contributed by atoms with Crippen molar-refractivity contribution < 1.29 is 0 Å². The zero-order valence-electron chi connectivity index (χ0n) is 12.6. The summed E-state index contributed by atoms with van der Waals surface area (Å²) >= 11 is 0. The van der Waals surface area contributed by atoms with Gasteiger partial charge in [0.1, 0.15) is 5.65 Å². The molecule has 5 heteroatoms. The van der Waals surface area contributed by atoms with Gasteiger partial charge < -0.3 is 5.73 Å². The predicted molar refractivity (Wildman–Crippen MR) is 90.8 cm³/mol. The maximum Gasteiger partial charge on any atom is 0.159 e. The first-order chi connectivity index (χ1) is 11.2. The molecule has 0 aliphatic rings. The maximum absolute atomic E-state index is 5.63. The first-order valence-corrected chi connectivity index (χ1v) is 7.33. The lowest BCUT2D eigenvalue weighted by Gasteiger charge is -2.05. The van der Waals surface area contributed by atoms with Crippen LogP contribution in [0.4, 0.5) is 5.69 Å². The molecule has 0 fully saturated rings. The number of aromatic nitrogens is 4. The van der Waals surface area contributed by atoms with Crippen LogP contribution in [0.3, 0.4) is 0 Å². The Morgan fingerprint density at radius 1 is 0.913 bits per heavy atom. The van der Waals surface area contributed by atoms with Crippen LogP contribution in [0.5, 0.6) is 0 Å². The Balaban J connectivity index is 1.81. The SMILES string of the molecule is Cc1cccc(-c2cnc3cc(-c4ncc(N)cn4)ccn23)c1. The minimum absolute atomic E-state index is 0.553. The van der Waals surface area contributed by atoms with E-state index in [4.69, 9.17) is 5.73 Å². The molecule has 3 heterocycles. The maximum atomic E-state index is 5.63. The van der Waals surface area contributed by atoms with Gasteiger partial charge in [-0.1, -0.05) is 23.8 Å². The van der Waals surface area contributed by atoms with Crippen LogP contribution in [0.2, 0.25) is 0 Å². The van der Waals surface area contributed by atoms with Gasteiger partial charge in [0.2, 0.25) is 0 Å². The Hall–Kier alpha value is -3.21. The summed E-state index contributed by atoms with van der Waals surface area (Å²) in [4.78, 5) is 13.0. The highest BCUT2D eigenvalue weighted by atomic mass is 15.0. The van der Waals surface area contributed by atoms with E-state index in [-0.39, 0.29) is 0 Å². The van der Waals surface area contributed by atoms with Crippen LogP contribution >= 0.6 is 0 Å². The Morgan fingerprint density at radius 3 is 2.52 bits per heavy atom. The Bertz CT molecular complexity index is 986. The van der Waals surface area contributed by atoms with E-state index in [2.05, 4.69) is 50.5 Å². The van der Waals surface area contributed by atoms with Gasteiger partial charge >= 0.3 is 0 Å². The van der Waals surface area contributed by atoms with Crippen molar-refractivity contribution in [3.05, 3.63) is 66.7 Å². The van der Waals surface area contributed by atoms with Gasteiger partial charge in [0.25, 0.3) is 0 Å². The number of nitrogens with zero attached hydrogens (tertiary/aromatic N) is 4. The van der Waals surface area contributed by atoms with E-state index >= 15 is 0 Å². The van der Waals surface area contributed by atoms with E-state index < -0.39 is 0 Å². The number of imidazole rings is 1. The van der Waals surface area contributed by atoms with Gasteiger partial charge in [0.15, 0.2) is 5.82 Å². The molecule has 0 aliphatic heterocycles. The molecule has 0 atom stereocenters. The summed E-state index contributed by atoms with van der Waals surface area (Å²) in [6, 6.07) is 12.3. The third-order valence-corrected chi connectivity index (χ3v) is 3.76. The van der Waals surface area contributed by atoms with Crippen LogP contribution in [-0.4, -0.2) is 19.4 Å². The second-order valence-electron chi connectivity index (χ2n) is 5.50. The van der Waals surface area contributed by atoms with Crippen molar-refractivity contribution in [1.29, 1.82) is 0 Å². The lowest BCUT2D eigenvalue weighted by molar-refractivity contribution is 1.15. The molecule has 1 aromatic carbocycles. The number of nitrogens with two attached hydrogens (primary N) is 1. The Morgan fingerprint density at radius 2 is 1.74 bits per heavy atom. The highest BCUT2D eigenvalue weighted by Crippen LogP contribution is 2.24. The quantitative estimate of drug-likeness (QED) is 0.616. The summed E-state index contributed by atoms with van der Waals surface area (Å²) in [5.41, 5.74) is 11.4. The zero-order chi connectivity index (χ0) is 15.8. The second-order valence-corrected chi connectivity index (χ2v) is 5.50. The van der Waals surface area contributed by atoms with E-state index in [1.165, 1.54) is 5.56 Å². The third kappa shape index (κ3) is 2.42. The summed E-state index contributed by atoms with van der Waals surface area (Å²) in [6.45, 7) is 2.09. The Labute approximate surface area is 133 Å². The van der Waals surface area contributed by atoms with Gasteiger partial charge in [-0.2, -0.15) is 0 Å². The van der Waals surface area contributed by atoms with Crippen LogP contribution in [0.25, 0.3) is 28.3 Å². The van der Waals surface area contributed by atoms with E-state index in [1.807, 2.05) is 24.5 Å². The summed E-state index contributed by atoms with van der Waals surface area (Å²) in [5.74, 6) is 0.641. The van der Waals surface area contributed by atoms with Crippen molar-refractivity contribution in [2.45, 2.75) is 6.92 Å². The highest BCUT2D eigenvalue weighted by molar-refractivity contribution is 5.68. The number of pyridine rings is 1. The molecular formula is C18H15N5. The lowest BCUT2D eigenvalue weighted by Crippen LogP contribution is -1.94. The predicted octanol–water partition coefficient (Wildman–Crippen LogP) is 3.35. The van der Waals surface area contributed by atoms with Crippen molar-refractivity contribution in [3.63, 3.8) is 0 Å². The smallest absolute Gasteiger partial charge is 0.159 e. The largest absolute Gasteiger partial charge is 0.396 e. The normalized spacial score (nSPS) is 11.0. The zero-order valence-corrected chi connectivity index (χ0v) is 12.6. The fraction of sp³-hybridized carbons (Fsp3) is 0.0556. The molecule has 0 spiro atoms. The van der Waals surface area contributed by atoms with Crippen LogP contribution in [0.1, 0.15) is 5.56 Å². The number of rotatable bonds is 2. The number of aryl methyl sites for hydroxylation is 1. The van der Waals surface area contributed by atoms with Crippen molar-refractivity contribution in [3.8, 4) is 22.6 Å². The molecule has 2 N–H and O–H groups in total. The average molecular weight is 301 g/mol. The summed E-state index contributed by atoms with van der Waals surface area (Å²) in [7, 11) is 0. The van der Waals surface area contributed by atoms with Crippen LogP contribution in [0, 0.1) is 6.92 Å². The number of benzene rings is 1. The lowest BCUT2D eigenvalue weighted by atomic mass is 10.1. The molecular weight excluding hydrogens is 286 g/mol. The van der Waals surface area contributed by atoms with Crippen LogP contribution in [-0.2, 0) is 0 Å². The molecule has 0 bridgehead atoms. The first kappa shape index (κ1) is 13.5. The van der Waals surface area contributed by atoms with Gasteiger partial charge in [-0.15, -0.1) is 0 Å². The van der Waals surface area contributed by atoms with Crippen molar-refractivity contribution in [1.82, 2.24) is 19.4 Å². The van der Waals surface area contributed by atoms with E-state index in [1.54, 1.807) is 12.4 Å². The molecule has 4 rings (SSSR count). The molecule has 5 nitrogen and oxygen atoms in total. The number of hydrogen-bond acceptors (Lipinski definition) is 4. The topological polar surface area (TPSA) is 69.1 Å². The molecule has 0 aliphatic carbocycles. The van der Waals surface area contributed by atoms with Crippen LogP contribution < -0.4 is 5.73 Å². The summed E-state index contributed by atoms with van der Waals surface area (Å²) in [6.07, 6.45) is 7.10. The highest BCUT2D eigenvalue weighted by Gasteiger charge is 2.08. The summed E-state index contributed by atoms with van der Waals surface area (Å²) in [5, 5.41) is 0. The monoisotopic (exact) mass is 301 g/mol. The van der Waals surface area contributed by atoms with Gasteiger partial charge in [-0.05, 0) is 25.1 Å². The van der Waals surface area contributed by atoms with Crippen molar-refractivity contribution >= 4 is 11.3 Å². The fourth-order valence-corrected chi connectivity index (χ4v) is 2.62.